The van der Waals surface area contributed by atoms with Crippen LogP contribution in [-0.2, 0) is 0 Å². The van der Waals surface area contributed by atoms with Crippen molar-refractivity contribution in [1.82, 2.24) is 9.80 Å². The van der Waals surface area contributed by atoms with Crippen LogP contribution in [0, 0.1) is 0 Å². The Balaban J connectivity index is 1.42. The van der Waals surface area contributed by atoms with Crippen LogP contribution in [0.25, 0.3) is 0 Å². The maximum absolute atomic E-state index is 2.76. The standard InChI is InChI=1S/C24H32N2/c1-3-9-21(10-4-1)24(22-11-5-2-6-12-22)15-18-25-17-14-23-13-7-8-16-26(23)20-19-25/h1-6,9-12,23-24H,7-8,13-20H2. The lowest BCUT2D eigenvalue weighted by Gasteiger charge is -2.33. The van der Waals surface area contributed by atoms with Gasteiger partial charge in [-0.2, -0.15) is 0 Å². The number of hydrogen-bond acceptors (Lipinski definition) is 2. The van der Waals surface area contributed by atoms with Gasteiger partial charge in [-0.05, 0) is 56.4 Å². The van der Waals surface area contributed by atoms with Gasteiger partial charge in [-0.15, -0.1) is 0 Å². The Bertz CT molecular complexity index is 599. The number of nitrogens with zero attached hydrogens (tertiary/aromatic N) is 2. The molecule has 138 valence electrons. The van der Waals surface area contributed by atoms with Crippen LogP contribution in [0.4, 0.5) is 0 Å². The Morgan fingerprint density at radius 3 is 2.12 bits per heavy atom. The zero-order valence-corrected chi connectivity index (χ0v) is 15.9. The molecule has 1 unspecified atom stereocenters. The summed E-state index contributed by atoms with van der Waals surface area (Å²) in [5.41, 5.74) is 2.90. The number of rotatable bonds is 5. The van der Waals surface area contributed by atoms with Crippen molar-refractivity contribution in [3.8, 4) is 0 Å². The molecule has 2 aromatic carbocycles. The molecule has 2 aromatic rings. The van der Waals surface area contributed by atoms with E-state index >= 15 is 0 Å². The van der Waals surface area contributed by atoms with Crippen LogP contribution in [0.5, 0.6) is 0 Å². The van der Waals surface area contributed by atoms with Gasteiger partial charge in [0.2, 0.25) is 0 Å². The second kappa shape index (κ2) is 8.83. The Morgan fingerprint density at radius 2 is 1.42 bits per heavy atom. The van der Waals surface area contributed by atoms with Gasteiger partial charge in [0, 0.05) is 25.0 Å². The second-order valence-corrected chi connectivity index (χ2v) is 7.98. The SMILES string of the molecule is c1ccc(C(CCN2CCC3CCCCN3CC2)c2ccccc2)cc1. The lowest BCUT2D eigenvalue weighted by atomic mass is 9.88. The van der Waals surface area contributed by atoms with E-state index in [1.807, 2.05) is 0 Å². The number of piperidine rings is 1. The molecule has 0 aromatic heterocycles. The molecular weight excluding hydrogens is 316 g/mol. The quantitative estimate of drug-likeness (QED) is 0.768. The summed E-state index contributed by atoms with van der Waals surface area (Å²) in [4.78, 5) is 5.48. The van der Waals surface area contributed by atoms with Crippen molar-refractivity contribution in [2.45, 2.75) is 44.1 Å². The molecule has 0 saturated carbocycles. The Morgan fingerprint density at radius 1 is 0.731 bits per heavy atom. The van der Waals surface area contributed by atoms with Crippen molar-refractivity contribution >= 4 is 0 Å². The molecule has 0 spiro atoms. The van der Waals surface area contributed by atoms with E-state index < -0.39 is 0 Å². The van der Waals surface area contributed by atoms with E-state index in [2.05, 4.69) is 70.5 Å². The van der Waals surface area contributed by atoms with Gasteiger partial charge in [0.1, 0.15) is 0 Å². The van der Waals surface area contributed by atoms with Crippen LogP contribution >= 0.6 is 0 Å². The number of hydrogen-bond donors (Lipinski definition) is 0. The highest BCUT2D eigenvalue weighted by atomic mass is 15.2. The third-order valence-electron chi connectivity index (χ3n) is 6.37. The average Bonchev–Trinajstić information content (AvgIpc) is 2.92. The van der Waals surface area contributed by atoms with Crippen molar-refractivity contribution in [3.05, 3.63) is 71.8 Å². The van der Waals surface area contributed by atoms with Gasteiger partial charge in [-0.1, -0.05) is 67.1 Å². The first kappa shape index (κ1) is 17.8. The Labute approximate surface area is 158 Å². The molecule has 2 heterocycles. The monoisotopic (exact) mass is 348 g/mol. The minimum Gasteiger partial charge on any atom is -0.302 e. The minimum absolute atomic E-state index is 0.503. The van der Waals surface area contributed by atoms with Crippen molar-refractivity contribution in [2.24, 2.45) is 0 Å². The van der Waals surface area contributed by atoms with E-state index in [4.69, 9.17) is 0 Å². The van der Waals surface area contributed by atoms with Gasteiger partial charge in [-0.3, -0.25) is 4.90 Å². The lowest BCUT2D eigenvalue weighted by molar-refractivity contribution is 0.155. The summed E-state index contributed by atoms with van der Waals surface area (Å²) in [6.07, 6.45) is 6.83. The van der Waals surface area contributed by atoms with Crippen LogP contribution < -0.4 is 0 Å². The van der Waals surface area contributed by atoms with E-state index in [9.17, 15) is 0 Å². The first-order chi connectivity index (χ1) is 12.9. The normalized spacial score (nSPS) is 22.1. The predicted molar refractivity (Wildman–Crippen MR) is 110 cm³/mol. The van der Waals surface area contributed by atoms with Gasteiger partial charge in [0.25, 0.3) is 0 Å². The van der Waals surface area contributed by atoms with Crippen LogP contribution in [0.1, 0.15) is 49.1 Å². The molecular formula is C24H32N2. The molecule has 0 radical (unpaired) electrons. The highest BCUT2D eigenvalue weighted by Gasteiger charge is 2.26. The summed E-state index contributed by atoms with van der Waals surface area (Å²) in [5.74, 6) is 0.503. The third-order valence-corrected chi connectivity index (χ3v) is 6.37. The van der Waals surface area contributed by atoms with Crippen molar-refractivity contribution in [2.75, 3.05) is 32.7 Å². The molecule has 2 heteroatoms. The zero-order valence-electron chi connectivity index (χ0n) is 15.9. The molecule has 2 fully saturated rings. The van der Waals surface area contributed by atoms with E-state index in [-0.39, 0.29) is 0 Å². The van der Waals surface area contributed by atoms with Crippen LogP contribution in [0.3, 0.4) is 0 Å². The summed E-state index contributed by atoms with van der Waals surface area (Å²) in [6.45, 7) is 6.32. The summed E-state index contributed by atoms with van der Waals surface area (Å²) in [7, 11) is 0. The van der Waals surface area contributed by atoms with E-state index in [0.29, 0.717) is 5.92 Å². The van der Waals surface area contributed by atoms with Gasteiger partial charge in [-0.25, -0.2) is 0 Å². The highest BCUT2D eigenvalue weighted by molar-refractivity contribution is 5.32. The molecule has 0 amide bonds. The van der Waals surface area contributed by atoms with E-state index in [0.717, 1.165) is 6.04 Å². The molecule has 2 aliphatic rings. The van der Waals surface area contributed by atoms with Crippen LogP contribution in [0.2, 0.25) is 0 Å². The maximum atomic E-state index is 2.76. The van der Waals surface area contributed by atoms with Crippen molar-refractivity contribution < 1.29 is 0 Å². The molecule has 2 saturated heterocycles. The van der Waals surface area contributed by atoms with Crippen molar-refractivity contribution in [3.63, 3.8) is 0 Å². The summed E-state index contributed by atoms with van der Waals surface area (Å²) < 4.78 is 0. The van der Waals surface area contributed by atoms with Gasteiger partial charge in [0.15, 0.2) is 0 Å². The van der Waals surface area contributed by atoms with E-state index in [1.165, 1.54) is 76.0 Å². The average molecular weight is 349 g/mol. The molecule has 26 heavy (non-hydrogen) atoms. The van der Waals surface area contributed by atoms with Crippen LogP contribution in [-0.4, -0.2) is 48.6 Å². The van der Waals surface area contributed by atoms with E-state index in [1.54, 1.807) is 0 Å². The minimum atomic E-state index is 0.503. The zero-order chi connectivity index (χ0) is 17.6. The fourth-order valence-corrected chi connectivity index (χ4v) is 4.83. The lowest BCUT2D eigenvalue weighted by Crippen LogP contribution is -2.40. The fourth-order valence-electron chi connectivity index (χ4n) is 4.83. The summed E-state index contributed by atoms with van der Waals surface area (Å²) in [6, 6.07) is 23.0. The molecule has 2 nitrogen and oxygen atoms in total. The molecule has 4 rings (SSSR count). The topological polar surface area (TPSA) is 6.48 Å². The Kier molecular flexibility index (Phi) is 6.03. The fraction of sp³-hybridized carbons (Fsp3) is 0.500. The largest absolute Gasteiger partial charge is 0.302 e. The highest BCUT2D eigenvalue weighted by Crippen LogP contribution is 2.29. The van der Waals surface area contributed by atoms with Gasteiger partial charge in [0.05, 0.1) is 0 Å². The first-order valence-electron chi connectivity index (χ1n) is 10.5. The first-order valence-corrected chi connectivity index (χ1v) is 10.5. The molecule has 0 bridgehead atoms. The second-order valence-electron chi connectivity index (χ2n) is 7.98. The molecule has 2 aliphatic heterocycles. The molecule has 0 aliphatic carbocycles. The van der Waals surface area contributed by atoms with Gasteiger partial charge >= 0.3 is 0 Å². The maximum Gasteiger partial charge on any atom is 0.0112 e. The van der Waals surface area contributed by atoms with Crippen LogP contribution in [0.15, 0.2) is 60.7 Å². The third kappa shape index (κ3) is 4.36. The van der Waals surface area contributed by atoms with Gasteiger partial charge < -0.3 is 4.90 Å². The summed E-state index contributed by atoms with van der Waals surface area (Å²) >= 11 is 0. The molecule has 0 N–H and O–H groups in total. The smallest absolute Gasteiger partial charge is 0.0112 e. The number of benzene rings is 2. The predicted octanol–water partition coefficient (Wildman–Crippen LogP) is 4.77. The molecule has 1 atom stereocenters. The Hall–Kier alpha value is -1.64. The van der Waals surface area contributed by atoms with Crippen molar-refractivity contribution in [1.29, 1.82) is 0 Å². The summed E-state index contributed by atoms with van der Waals surface area (Å²) in [5, 5.41) is 0. The number of fused-ring (bicyclic) bond motifs is 1.